The van der Waals surface area contributed by atoms with E-state index in [-0.39, 0.29) is 0 Å². The van der Waals surface area contributed by atoms with Crippen LogP contribution in [0.4, 0.5) is 0 Å². The molecular formula is C14H23NO2S2. The summed E-state index contributed by atoms with van der Waals surface area (Å²) in [5.41, 5.74) is 0. The molecule has 1 fully saturated rings. The van der Waals surface area contributed by atoms with E-state index in [1.54, 1.807) is 11.3 Å². The van der Waals surface area contributed by atoms with Crippen LogP contribution in [-0.2, 0) is 11.3 Å². The SMILES string of the molecule is CSC1CCC(NCC(O)COCc2cccs2)C1. The third kappa shape index (κ3) is 5.44. The molecule has 0 aliphatic heterocycles. The number of aliphatic hydroxyl groups is 1. The van der Waals surface area contributed by atoms with Crippen LogP contribution in [0.2, 0.25) is 0 Å². The maximum atomic E-state index is 9.87. The highest BCUT2D eigenvalue weighted by molar-refractivity contribution is 7.99. The van der Waals surface area contributed by atoms with Gasteiger partial charge >= 0.3 is 0 Å². The molecule has 3 nitrogen and oxygen atoms in total. The summed E-state index contributed by atoms with van der Waals surface area (Å²) in [6.45, 7) is 1.65. The zero-order valence-electron chi connectivity index (χ0n) is 11.4. The summed E-state index contributed by atoms with van der Waals surface area (Å²) in [5, 5.41) is 16.2. The zero-order valence-corrected chi connectivity index (χ0v) is 13.0. The minimum absolute atomic E-state index is 0.406. The molecule has 108 valence electrons. The average Bonchev–Trinajstić information content (AvgIpc) is 3.07. The molecule has 1 aromatic heterocycles. The summed E-state index contributed by atoms with van der Waals surface area (Å²) < 4.78 is 5.51. The van der Waals surface area contributed by atoms with Gasteiger partial charge in [-0.15, -0.1) is 11.3 Å². The molecule has 3 unspecified atom stereocenters. The Bertz CT molecular complexity index is 345. The third-order valence-electron chi connectivity index (χ3n) is 3.49. The Morgan fingerprint density at radius 1 is 1.58 bits per heavy atom. The van der Waals surface area contributed by atoms with E-state index in [4.69, 9.17) is 4.74 Å². The van der Waals surface area contributed by atoms with E-state index in [1.807, 2.05) is 23.2 Å². The van der Waals surface area contributed by atoms with Crippen molar-refractivity contribution in [2.75, 3.05) is 19.4 Å². The number of aliphatic hydroxyl groups excluding tert-OH is 1. The van der Waals surface area contributed by atoms with E-state index >= 15 is 0 Å². The van der Waals surface area contributed by atoms with Crippen LogP contribution in [0.3, 0.4) is 0 Å². The molecular weight excluding hydrogens is 278 g/mol. The van der Waals surface area contributed by atoms with Gasteiger partial charge in [-0.2, -0.15) is 11.8 Å². The lowest BCUT2D eigenvalue weighted by Gasteiger charge is -2.16. The van der Waals surface area contributed by atoms with Crippen molar-refractivity contribution >= 4 is 23.1 Å². The predicted octanol–water partition coefficient (Wildman–Crippen LogP) is 2.50. The summed E-state index contributed by atoms with van der Waals surface area (Å²) in [6, 6.07) is 4.64. The van der Waals surface area contributed by atoms with Gasteiger partial charge in [0.05, 0.1) is 19.3 Å². The molecule has 0 amide bonds. The third-order valence-corrected chi connectivity index (χ3v) is 5.44. The number of ether oxygens (including phenoxy) is 1. The molecule has 1 aliphatic carbocycles. The van der Waals surface area contributed by atoms with Gasteiger partial charge in [-0.1, -0.05) is 6.07 Å². The second-order valence-electron chi connectivity index (χ2n) is 5.02. The van der Waals surface area contributed by atoms with E-state index in [2.05, 4.69) is 17.6 Å². The topological polar surface area (TPSA) is 41.5 Å². The summed E-state index contributed by atoms with van der Waals surface area (Å²) in [5.74, 6) is 0. The minimum Gasteiger partial charge on any atom is -0.389 e. The van der Waals surface area contributed by atoms with Crippen LogP contribution in [0.5, 0.6) is 0 Å². The molecule has 3 atom stereocenters. The Morgan fingerprint density at radius 3 is 3.16 bits per heavy atom. The highest BCUT2D eigenvalue weighted by atomic mass is 32.2. The Morgan fingerprint density at radius 2 is 2.47 bits per heavy atom. The summed E-state index contributed by atoms with van der Waals surface area (Å²) in [6.07, 6.45) is 5.52. The van der Waals surface area contributed by atoms with E-state index in [9.17, 15) is 5.11 Å². The Hall–Kier alpha value is -0.0700. The molecule has 0 saturated heterocycles. The van der Waals surface area contributed by atoms with Crippen molar-refractivity contribution in [2.24, 2.45) is 0 Å². The molecule has 1 heterocycles. The van der Waals surface area contributed by atoms with Crippen molar-refractivity contribution < 1.29 is 9.84 Å². The van der Waals surface area contributed by atoms with Crippen LogP contribution in [0, 0.1) is 0 Å². The molecule has 19 heavy (non-hydrogen) atoms. The average molecular weight is 301 g/mol. The van der Waals surface area contributed by atoms with Crippen molar-refractivity contribution in [1.82, 2.24) is 5.32 Å². The molecule has 1 aromatic rings. The highest BCUT2D eigenvalue weighted by Gasteiger charge is 2.23. The first kappa shape index (κ1) is 15.3. The van der Waals surface area contributed by atoms with Crippen molar-refractivity contribution in [3.63, 3.8) is 0 Å². The molecule has 2 N–H and O–H groups in total. The van der Waals surface area contributed by atoms with Crippen LogP contribution >= 0.6 is 23.1 Å². The lowest BCUT2D eigenvalue weighted by Crippen LogP contribution is -2.36. The number of rotatable bonds is 8. The van der Waals surface area contributed by atoms with Crippen molar-refractivity contribution in [3.8, 4) is 0 Å². The molecule has 0 aromatic carbocycles. The standard InChI is InChI=1S/C14H23NO2S2/c1-18-13-5-4-11(7-13)15-8-12(16)9-17-10-14-3-2-6-19-14/h2-3,6,11-13,15-16H,4-5,7-10H2,1H3. The molecule has 1 saturated carbocycles. The fraction of sp³-hybridized carbons (Fsp3) is 0.714. The fourth-order valence-electron chi connectivity index (χ4n) is 2.39. The van der Waals surface area contributed by atoms with Gasteiger partial charge in [0.25, 0.3) is 0 Å². The fourth-order valence-corrected chi connectivity index (χ4v) is 3.83. The second kappa shape index (κ2) is 8.27. The van der Waals surface area contributed by atoms with Gasteiger partial charge in [-0.25, -0.2) is 0 Å². The van der Waals surface area contributed by atoms with Crippen LogP contribution in [0.25, 0.3) is 0 Å². The van der Waals surface area contributed by atoms with Gasteiger partial charge in [-0.3, -0.25) is 0 Å². The highest BCUT2D eigenvalue weighted by Crippen LogP contribution is 2.27. The van der Waals surface area contributed by atoms with Crippen molar-refractivity contribution in [2.45, 2.75) is 43.3 Å². The molecule has 0 bridgehead atoms. The summed E-state index contributed by atoms with van der Waals surface area (Å²) in [4.78, 5) is 1.21. The van der Waals surface area contributed by atoms with E-state index in [0.29, 0.717) is 25.8 Å². The lowest BCUT2D eigenvalue weighted by molar-refractivity contribution is 0.0287. The predicted molar refractivity (Wildman–Crippen MR) is 82.9 cm³/mol. The second-order valence-corrected chi connectivity index (χ2v) is 7.19. The number of nitrogens with one attached hydrogen (secondary N) is 1. The van der Waals surface area contributed by atoms with Gasteiger partial charge in [0, 0.05) is 22.7 Å². The van der Waals surface area contributed by atoms with E-state index in [1.165, 1.54) is 24.1 Å². The molecule has 0 radical (unpaired) electrons. The van der Waals surface area contributed by atoms with Crippen LogP contribution in [0.1, 0.15) is 24.1 Å². The smallest absolute Gasteiger partial charge is 0.0897 e. The van der Waals surface area contributed by atoms with E-state index in [0.717, 1.165) is 5.25 Å². The normalized spacial score (nSPS) is 24.7. The van der Waals surface area contributed by atoms with Gasteiger partial charge in [-0.05, 0) is 37.0 Å². The monoisotopic (exact) mass is 301 g/mol. The van der Waals surface area contributed by atoms with Gasteiger partial charge in [0.1, 0.15) is 0 Å². The number of hydrogen-bond donors (Lipinski definition) is 2. The van der Waals surface area contributed by atoms with Crippen molar-refractivity contribution in [1.29, 1.82) is 0 Å². The van der Waals surface area contributed by atoms with Gasteiger partial charge in [0.15, 0.2) is 0 Å². The van der Waals surface area contributed by atoms with E-state index < -0.39 is 6.10 Å². The van der Waals surface area contributed by atoms with Gasteiger partial charge < -0.3 is 15.2 Å². The maximum Gasteiger partial charge on any atom is 0.0897 e. The maximum absolute atomic E-state index is 9.87. The summed E-state index contributed by atoms with van der Waals surface area (Å²) in [7, 11) is 0. The number of thioether (sulfide) groups is 1. The number of thiophene rings is 1. The number of hydrogen-bond acceptors (Lipinski definition) is 5. The Kier molecular flexibility index (Phi) is 6.67. The first-order valence-electron chi connectivity index (χ1n) is 6.82. The van der Waals surface area contributed by atoms with Crippen LogP contribution < -0.4 is 5.32 Å². The largest absolute Gasteiger partial charge is 0.389 e. The molecule has 5 heteroatoms. The zero-order chi connectivity index (χ0) is 13.5. The Balaban J connectivity index is 1.53. The minimum atomic E-state index is -0.409. The first-order chi connectivity index (χ1) is 9.28. The van der Waals surface area contributed by atoms with Crippen LogP contribution in [-0.4, -0.2) is 41.9 Å². The quantitative estimate of drug-likeness (QED) is 0.774. The summed E-state index contributed by atoms with van der Waals surface area (Å²) >= 11 is 3.64. The Labute approximate surface area is 123 Å². The molecule has 0 spiro atoms. The molecule has 2 rings (SSSR count). The van der Waals surface area contributed by atoms with Crippen LogP contribution in [0.15, 0.2) is 17.5 Å². The first-order valence-corrected chi connectivity index (χ1v) is 8.99. The van der Waals surface area contributed by atoms with Crippen molar-refractivity contribution in [3.05, 3.63) is 22.4 Å². The lowest BCUT2D eigenvalue weighted by atomic mass is 10.2. The van der Waals surface area contributed by atoms with Gasteiger partial charge in [0.2, 0.25) is 0 Å². The molecule has 1 aliphatic rings.